The van der Waals surface area contributed by atoms with E-state index in [4.69, 9.17) is 16.3 Å². The van der Waals surface area contributed by atoms with Crippen molar-refractivity contribution in [3.05, 3.63) is 59.1 Å². The minimum absolute atomic E-state index is 0.132. The quantitative estimate of drug-likeness (QED) is 0.661. The van der Waals surface area contributed by atoms with E-state index in [0.717, 1.165) is 31.0 Å². The second-order valence-electron chi connectivity index (χ2n) is 8.26. The number of ether oxygens (including phenoxy) is 1. The first kappa shape index (κ1) is 21.2. The fraction of sp³-hybridized carbons (Fsp3) is 0.455. The summed E-state index contributed by atoms with van der Waals surface area (Å²) in [5.74, 6) is 1.16. The number of hydrogen-bond donors (Lipinski definition) is 0. The number of hydrogen-bond acceptors (Lipinski definition) is 4. The number of sulfone groups is 1. The summed E-state index contributed by atoms with van der Waals surface area (Å²) < 4.78 is 29.0. The van der Waals surface area contributed by atoms with Gasteiger partial charge in [0.2, 0.25) is 0 Å². The van der Waals surface area contributed by atoms with E-state index >= 15 is 0 Å². The predicted octanol–water partition coefficient (Wildman–Crippen LogP) is 4.47. The van der Waals surface area contributed by atoms with Crippen molar-refractivity contribution >= 4 is 21.4 Å². The molecular weight excluding hydrogens is 394 g/mol. The lowest BCUT2D eigenvalue weighted by atomic mass is 9.97. The van der Waals surface area contributed by atoms with Crippen LogP contribution < -0.4 is 4.74 Å². The van der Waals surface area contributed by atoms with Crippen LogP contribution in [0.5, 0.6) is 5.75 Å². The van der Waals surface area contributed by atoms with Crippen LogP contribution in [0.15, 0.2) is 53.4 Å². The van der Waals surface area contributed by atoms with Crippen LogP contribution in [0.1, 0.15) is 25.8 Å². The summed E-state index contributed by atoms with van der Waals surface area (Å²) in [6.07, 6.45) is 3.26. The van der Waals surface area contributed by atoms with Crippen LogP contribution in [0.2, 0.25) is 5.02 Å². The highest BCUT2D eigenvalue weighted by atomic mass is 35.5. The third kappa shape index (κ3) is 5.49. The lowest BCUT2D eigenvalue weighted by Gasteiger charge is -2.31. The molecule has 3 rings (SSSR count). The van der Waals surface area contributed by atoms with Gasteiger partial charge in [0.15, 0.2) is 9.84 Å². The summed E-state index contributed by atoms with van der Waals surface area (Å²) in [7, 11) is -3.18. The predicted molar refractivity (Wildman–Crippen MR) is 114 cm³/mol. The molecule has 1 saturated heterocycles. The SMILES string of the molecule is CC1(C)CC(COc2ccc(S(C)(=O)=O)cc2)CN1CCc1cccc(Cl)c1. The third-order valence-corrected chi connectivity index (χ3v) is 6.78. The monoisotopic (exact) mass is 421 g/mol. The van der Waals surface area contributed by atoms with Gasteiger partial charge in [0, 0.05) is 35.8 Å². The lowest BCUT2D eigenvalue weighted by Crippen LogP contribution is -2.39. The minimum atomic E-state index is -3.18. The van der Waals surface area contributed by atoms with Crippen LogP contribution in [0, 0.1) is 5.92 Å². The van der Waals surface area contributed by atoms with E-state index in [0.29, 0.717) is 23.2 Å². The Labute approximate surface area is 173 Å². The molecule has 28 heavy (non-hydrogen) atoms. The molecule has 2 aromatic carbocycles. The summed E-state index contributed by atoms with van der Waals surface area (Å²) in [4.78, 5) is 2.84. The standard InChI is InChI=1S/C22H28ClNO3S/c1-22(2)14-18(15-24(22)12-11-17-5-4-6-19(23)13-17)16-27-20-7-9-21(10-8-20)28(3,25)26/h4-10,13,18H,11-12,14-16H2,1-3H3. The Balaban J connectivity index is 1.53. The Morgan fingerprint density at radius 2 is 1.89 bits per heavy atom. The molecule has 1 unspecified atom stereocenters. The molecule has 1 fully saturated rings. The van der Waals surface area contributed by atoms with Gasteiger partial charge < -0.3 is 4.74 Å². The molecule has 0 spiro atoms. The van der Waals surface area contributed by atoms with E-state index in [1.165, 1.54) is 11.8 Å². The van der Waals surface area contributed by atoms with Crippen molar-refractivity contribution < 1.29 is 13.2 Å². The molecule has 0 amide bonds. The Morgan fingerprint density at radius 1 is 1.18 bits per heavy atom. The van der Waals surface area contributed by atoms with Crippen molar-refractivity contribution in [2.45, 2.75) is 37.1 Å². The molecule has 152 valence electrons. The molecule has 4 nitrogen and oxygen atoms in total. The van der Waals surface area contributed by atoms with E-state index < -0.39 is 9.84 Å². The van der Waals surface area contributed by atoms with Crippen LogP contribution in [0.25, 0.3) is 0 Å². The van der Waals surface area contributed by atoms with E-state index in [2.05, 4.69) is 24.8 Å². The topological polar surface area (TPSA) is 46.6 Å². The fourth-order valence-corrected chi connectivity index (χ4v) is 4.76. The summed E-state index contributed by atoms with van der Waals surface area (Å²) in [5.41, 5.74) is 1.39. The fourth-order valence-electron chi connectivity index (χ4n) is 3.92. The Bertz CT molecular complexity index is 910. The Kier molecular flexibility index (Phi) is 6.37. The highest BCUT2D eigenvalue weighted by Gasteiger charge is 2.38. The molecule has 0 N–H and O–H groups in total. The highest BCUT2D eigenvalue weighted by Crippen LogP contribution is 2.33. The molecule has 1 heterocycles. The molecule has 2 aromatic rings. The van der Waals surface area contributed by atoms with E-state index in [1.807, 2.05) is 18.2 Å². The zero-order valence-electron chi connectivity index (χ0n) is 16.7. The second-order valence-corrected chi connectivity index (χ2v) is 10.7. The average Bonchev–Trinajstić information content (AvgIpc) is 2.91. The third-order valence-electron chi connectivity index (χ3n) is 5.42. The molecule has 6 heteroatoms. The zero-order valence-corrected chi connectivity index (χ0v) is 18.3. The maximum Gasteiger partial charge on any atom is 0.175 e. The molecule has 0 aliphatic carbocycles. The Morgan fingerprint density at radius 3 is 2.54 bits per heavy atom. The first-order valence-corrected chi connectivity index (χ1v) is 11.8. The van der Waals surface area contributed by atoms with E-state index in [-0.39, 0.29) is 5.54 Å². The van der Waals surface area contributed by atoms with Gasteiger partial charge in [0.25, 0.3) is 0 Å². The highest BCUT2D eigenvalue weighted by molar-refractivity contribution is 7.90. The van der Waals surface area contributed by atoms with Crippen molar-refractivity contribution in [1.82, 2.24) is 4.90 Å². The minimum Gasteiger partial charge on any atom is -0.493 e. The number of rotatable bonds is 7. The van der Waals surface area contributed by atoms with E-state index in [1.54, 1.807) is 24.3 Å². The van der Waals surface area contributed by atoms with Gasteiger partial charge in [-0.1, -0.05) is 23.7 Å². The van der Waals surface area contributed by atoms with Crippen LogP contribution >= 0.6 is 11.6 Å². The van der Waals surface area contributed by atoms with Gasteiger partial charge in [-0.3, -0.25) is 4.90 Å². The lowest BCUT2D eigenvalue weighted by molar-refractivity contribution is 0.175. The number of halogens is 1. The van der Waals surface area contributed by atoms with Crippen LogP contribution in [-0.4, -0.2) is 44.8 Å². The number of benzene rings is 2. The summed E-state index contributed by atoms with van der Waals surface area (Å²) >= 11 is 6.09. The van der Waals surface area contributed by atoms with Gasteiger partial charge in [0.1, 0.15) is 5.75 Å². The normalized spacial score (nSPS) is 19.6. The summed E-state index contributed by atoms with van der Waals surface area (Å²) in [5, 5.41) is 0.784. The maximum atomic E-state index is 11.5. The van der Waals surface area contributed by atoms with Crippen molar-refractivity contribution in [2.24, 2.45) is 5.92 Å². The largest absolute Gasteiger partial charge is 0.493 e. The Hall–Kier alpha value is -1.56. The van der Waals surface area contributed by atoms with Crippen LogP contribution in [-0.2, 0) is 16.3 Å². The van der Waals surface area contributed by atoms with Crippen LogP contribution in [0.4, 0.5) is 0 Å². The molecule has 0 bridgehead atoms. The summed E-state index contributed by atoms with van der Waals surface area (Å²) in [6.45, 7) is 7.19. The van der Waals surface area contributed by atoms with Crippen molar-refractivity contribution in [3.63, 3.8) is 0 Å². The summed E-state index contributed by atoms with van der Waals surface area (Å²) in [6, 6.07) is 14.7. The molecule has 1 aliphatic rings. The molecule has 0 saturated carbocycles. The van der Waals surface area contributed by atoms with Crippen molar-refractivity contribution in [3.8, 4) is 5.75 Å². The van der Waals surface area contributed by atoms with Crippen molar-refractivity contribution in [2.75, 3.05) is 26.0 Å². The van der Waals surface area contributed by atoms with Gasteiger partial charge >= 0.3 is 0 Å². The van der Waals surface area contributed by atoms with Crippen LogP contribution in [0.3, 0.4) is 0 Å². The molecule has 1 aliphatic heterocycles. The molecule has 0 aromatic heterocycles. The maximum absolute atomic E-state index is 11.5. The molecule has 1 atom stereocenters. The van der Waals surface area contributed by atoms with Crippen molar-refractivity contribution in [1.29, 1.82) is 0 Å². The average molecular weight is 422 g/mol. The zero-order chi connectivity index (χ0) is 20.4. The van der Waals surface area contributed by atoms with Gasteiger partial charge in [-0.05, 0) is 68.7 Å². The second kappa shape index (κ2) is 8.44. The number of likely N-dealkylation sites (tertiary alicyclic amines) is 1. The number of nitrogens with zero attached hydrogens (tertiary/aromatic N) is 1. The smallest absolute Gasteiger partial charge is 0.175 e. The molecular formula is C22H28ClNO3S. The van der Waals surface area contributed by atoms with Gasteiger partial charge in [-0.25, -0.2) is 8.42 Å². The van der Waals surface area contributed by atoms with E-state index in [9.17, 15) is 8.42 Å². The first-order valence-electron chi connectivity index (χ1n) is 9.56. The van der Waals surface area contributed by atoms with Gasteiger partial charge in [-0.15, -0.1) is 0 Å². The first-order chi connectivity index (χ1) is 13.1. The van der Waals surface area contributed by atoms with Gasteiger partial charge in [-0.2, -0.15) is 0 Å². The van der Waals surface area contributed by atoms with Gasteiger partial charge in [0.05, 0.1) is 11.5 Å². The molecule has 0 radical (unpaired) electrons.